The van der Waals surface area contributed by atoms with Crippen LogP contribution >= 0.6 is 0 Å². The van der Waals surface area contributed by atoms with E-state index < -0.39 is 8.32 Å². The lowest BCUT2D eigenvalue weighted by atomic mass is 10.2. The van der Waals surface area contributed by atoms with Crippen LogP contribution < -0.4 is 0 Å². The van der Waals surface area contributed by atoms with Crippen molar-refractivity contribution >= 4 is 8.32 Å². The van der Waals surface area contributed by atoms with Gasteiger partial charge in [0.1, 0.15) is 5.69 Å². The van der Waals surface area contributed by atoms with Crippen LogP contribution in [0.4, 0.5) is 0 Å². The summed E-state index contributed by atoms with van der Waals surface area (Å²) in [5, 5.41) is 10.5. The number of nitrogens with one attached hydrogen (secondary N) is 1. The molecule has 0 fully saturated rings. The van der Waals surface area contributed by atoms with Gasteiger partial charge in [0.2, 0.25) is 0 Å². The van der Waals surface area contributed by atoms with Gasteiger partial charge in [-0.2, -0.15) is 15.4 Å². The van der Waals surface area contributed by atoms with Gasteiger partial charge in [-0.15, -0.1) is 0 Å². The molecule has 80 valence electrons. The summed E-state index contributed by atoms with van der Waals surface area (Å²) >= 11 is 0. The highest BCUT2D eigenvalue weighted by Gasteiger charge is 2.37. The summed E-state index contributed by atoms with van der Waals surface area (Å²) in [6, 6.07) is 0. The summed E-state index contributed by atoms with van der Waals surface area (Å²) in [6.07, 6.45) is 1.70. The summed E-state index contributed by atoms with van der Waals surface area (Å²) in [7, 11) is -1.64. The van der Waals surface area contributed by atoms with Gasteiger partial charge in [0.25, 0.3) is 0 Å². The standard InChI is InChI=1S/C9H19N3OSi/c1-9(2,3)14(4,5)13-7-8-6-10-12-11-8/h6H,7H2,1-5H3,(H,10,11,12). The molecule has 4 nitrogen and oxygen atoms in total. The molecule has 0 spiro atoms. The maximum Gasteiger partial charge on any atom is 0.192 e. The molecule has 14 heavy (non-hydrogen) atoms. The van der Waals surface area contributed by atoms with Crippen molar-refractivity contribution in [1.82, 2.24) is 15.4 Å². The zero-order valence-corrected chi connectivity index (χ0v) is 10.6. The third-order valence-corrected chi connectivity index (χ3v) is 7.33. The molecule has 1 N–H and O–H groups in total. The van der Waals surface area contributed by atoms with Crippen LogP contribution in [0, 0.1) is 0 Å². The Morgan fingerprint density at radius 1 is 1.43 bits per heavy atom. The fraction of sp³-hybridized carbons (Fsp3) is 0.778. The molecular weight excluding hydrogens is 194 g/mol. The van der Waals surface area contributed by atoms with E-state index in [9.17, 15) is 0 Å². The van der Waals surface area contributed by atoms with Gasteiger partial charge >= 0.3 is 0 Å². The van der Waals surface area contributed by atoms with Crippen molar-refractivity contribution in [3.63, 3.8) is 0 Å². The molecule has 5 heteroatoms. The van der Waals surface area contributed by atoms with Crippen molar-refractivity contribution in [2.24, 2.45) is 0 Å². The lowest BCUT2D eigenvalue weighted by Crippen LogP contribution is -2.40. The van der Waals surface area contributed by atoms with E-state index in [1.807, 2.05) is 0 Å². The van der Waals surface area contributed by atoms with Crippen LogP contribution in [-0.4, -0.2) is 23.7 Å². The smallest absolute Gasteiger partial charge is 0.192 e. The largest absolute Gasteiger partial charge is 0.411 e. The molecule has 0 atom stereocenters. The van der Waals surface area contributed by atoms with Crippen molar-refractivity contribution in [2.45, 2.75) is 45.5 Å². The van der Waals surface area contributed by atoms with Gasteiger partial charge in [-0.3, -0.25) is 0 Å². The van der Waals surface area contributed by atoms with E-state index >= 15 is 0 Å². The first-order chi connectivity index (χ1) is 6.33. The summed E-state index contributed by atoms with van der Waals surface area (Å²) in [5.74, 6) is 0. The lowest BCUT2D eigenvalue weighted by Gasteiger charge is -2.35. The third-order valence-electron chi connectivity index (χ3n) is 2.85. The van der Waals surface area contributed by atoms with Gasteiger partial charge in [0.05, 0.1) is 12.8 Å². The van der Waals surface area contributed by atoms with Crippen molar-refractivity contribution in [1.29, 1.82) is 0 Å². The van der Waals surface area contributed by atoms with E-state index in [0.717, 1.165) is 5.69 Å². The molecule has 0 saturated heterocycles. The fourth-order valence-corrected chi connectivity index (χ4v) is 1.71. The van der Waals surface area contributed by atoms with Crippen molar-refractivity contribution < 1.29 is 4.43 Å². The SMILES string of the molecule is CC(C)(C)[Si](C)(C)OCc1cn[nH]n1. The molecule has 1 rings (SSSR count). The Morgan fingerprint density at radius 3 is 2.50 bits per heavy atom. The molecule has 0 aliphatic heterocycles. The highest BCUT2D eigenvalue weighted by Crippen LogP contribution is 2.36. The summed E-state index contributed by atoms with van der Waals surface area (Å²) in [5.41, 5.74) is 0.870. The summed E-state index contributed by atoms with van der Waals surface area (Å²) < 4.78 is 5.95. The molecule has 0 aromatic carbocycles. The van der Waals surface area contributed by atoms with Crippen LogP contribution in [0.1, 0.15) is 26.5 Å². The highest BCUT2D eigenvalue weighted by atomic mass is 28.4. The molecule has 1 aromatic heterocycles. The van der Waals surface area contributed by atoms with E-state index in [4.69, 9.17) is 4.43 Å². The van der Waals surface area contributed by atoms with Gasteiger partial charge in [-0.25, -0.2) is 0 Å². The van der Waals surface area contributed by atoms with Gasteiger partial charge in [0.15, 0.2) is 8.32 Å². The maximum atomic E-state index is 5.95. The Hall–Kier alpha value is -0.683. The average Bonchev–Trinajstić information content (AvgIpc) is 2.50. The number of nitrogens with zero attached hydrogens (tertiary/aromatic N) is 2. The maximum absolute atomic E-state index is 5.95. The third kappa shape index (κ3) is 2.65. The Kier molecular flexibility index (Phi) is 3.11. The van der Waals surface area contributed by atoms with Crippen molar-refractivity contribution in [2.75, 3.05) is 0 Å². The van der Waals surface area contributed by atoms with E-state index in [0.29, 0.717) is 6.61 Å². The van der Waals surface area contributed by atoms with E-state index in [-0.39, 0.29) is 5.04 Å². The quantitative estimate of drug-likeness (QED) is 0.784. The van der Waals surface area contributed by atoms with Gasteiger partial charge < -0.3 is 4.43 Å². The Balaban J connectivity index is 2.53. The predicted octanol–water partition coefficient (Wildman–Crippen LogP) is 2.33. The van der Waals surface area contributed by atoms with Gasteiger partial charge in [0, 0.05) is 0 Å². The molecular formula is C9H19N3OSi. The zero-order chi connectivity index (χ0) is 10.8. The second-order valence-corrected chi connectivity index (χ2v) is 9.82. The second-order valence-electron chi connectivity index (χ2n) is 5.01. The number of hydrogen-bond acceptors (Lipinski definition) is 3. The predicted molar refractivity (Wildman–Crippen MR) is 58.4 cm³/mol. The fourth-order valence-electron chi connectivity index (χ4n) is 0.766. The van der Waals surface area contributed by atoms with Crippen molar-refractivity contribution in [3.8, 4) is 0 Å². The average molecular weight is 213 g/mol. The minimum atomic E-state index is -1.64. The molecule has 0 radical (unpaired) electrons. The van der Waals surface area contributed by atoms with E-state index in [2.05, 4.69) is 49.3 Å². The first-order valence-corrected chi connectivity index (χ1v) is 7.72. The lowest BCUT2D eigenvalue weighted by molar-refractivity contribution is 0.272. The van der Waals surface area contributed by atoms with Gasteiger partial charge in [-0.05, 0) is 18.1 Å². The number of hydrogen-bond donors (Lipinski definition) is 1. The van der Waals surface area contributed by atoms with Gasteiger partial charge in [-0.1, -0.05) is 20.8 Å². The number of aromatic nitrogens is 3. The van der Waals surface area contributed by atoms with Crippen molar-refractivity contribution in [3.05, 3.63) is 11.9 Å². The van der Waals surface area contributed by atoms with Crippen LogP contribution in [0.5, 0.6) is 0 Å². The molecule has 1 aromatic rings. The number of rotatable bonds is 3. The first-order valence-electron chi connectivity index (χ1n) is 4.81. The Labute approximate surface area is 86.2 Å². The van der Waals surface area contributed by atoms with E-state index in [1.165, 1.54) is 0 Å². The van der Waals surface area contributed by atoms with Crippen LogP contribution in [-0.2, 0) is 11.0 Å². The second kappa shape index (κ2) is 3.82. The Bertz CT molecular complexity index is 277. The summed E-state index contributed by atoms with van der Waals surface area (Å²) in [4.78, 5) is 0. The molecule has 0 saturated carbocycles. The van der Waals surface area contributed by atoms with Crippen LogP contribution in [0.25, 0.3) is 0 Å². The molecule has 0 amide bonds. The first kappa shape index (κ1) is 11.4. The number of aromatic amines is 1. The topological polar surface area (TPSA) is 50.8 Å². The normalized spacial score (nSPS) is 13.2. The van der Waals surface area contributed by atoms with Crippen LogP contribution in [0.15, 0.2) is 6.20 Å². The minimum absolute atomic E-state index is 0.247. The van der Waals surface area contributed by atoms with Crippen LogP contribution in [0.3, 0.4) is 0 Å². The molecule has 0 unspecified atom stereocenters. The molecule has 1 heterocycles. The van der Waals surface area contributed by atoms with Crippen LogP contribution in [0.2, 0.25) is 18.1 Å². The minimum Gasteiger partial charge on any atom is -0.411 e. The Morgan fingerprint density at radius 2 is 2.07 bits per heavy atom. The van der Waals surface area contributed by atoms with E-state index in [1.54, 1.807) is 6.20 Å². The molecule has 0 aliphatic rings. The molecule has 0 aliphatic carbocycles. The highest BCUT2D eigenvalue weighted by molar-refractivity contribution is 6.74. The zero-order valence-electron chi connectivity index (χ0n) is 9.59. The summed E-state index contributed by atoms with van der Waals surface area (Å²) in [6.45, 7) is 11.7. The monoisotopic (exact) mass is 213 g/mol. The number of H-pyrrole nitrogens is 1. The molecule has 0 bridgehead atoms.